The quantitative estimate of drug-likeness (QED) is 0.854. The minimum atomic E-state index is -0.999. The maximum absolute atomic E-state index is 12.0. The van der Waals surface area contributed by atoms with Crippen LogP contribution in [0.2, 0.25) is 0 Å². The summed E-state index contributed by atoms with van der Waals surface area (Å²) in [4.78, 5) is 23.0. The molecule has 6 nitrogen and oxygen atoms in total. The fourth-order valence-corrected chi connectivity index (χ4v) is 1.96. The Labute approximate surface area is 128 Å². The maximum Gasteiger partial charge on any atom is 0.310 e. The van der Waals surface area contributed by atoms with Crippen LogP contribution in [0.5, 0.6) is 5.75 Å². The predicted molar refractivity (Wildman–Crippen MR) is 80.9 cm³/mol. The molecular weight excluding hydrogens is 286 g/mol. The normalized spacial score (nSPS) is 11.4. The summed E-state index contributed by atoms with van der Waals surface area (Å²) in [5.74, 6) is -0.512. The van der Waals surface area contributed by atoms with Crippen molar-refractivity contribution in [2.45, 2.75) is 20.3 Å². The zero-order valence-corrected chi connectivity index (χ0v) is 12.8. The van der Waals surface area contributed by atoms with Gasteiger partial charge in [0, 0.05) is 23.6 Å². The third-order valence-corrected chi connectivity index (χ3v) is 3.52. The lowest BCUT2D eigenvalue weighted by atomic mass is 9.94. The van der Waals surface area contributed by atoms with Gasteiger partial charge in [-0.25, -0.2) is 0 Å². The Morgan fingerprint density at radius 2 is 2.09 bits per heavy atom. The minimum absolute atomic E-state index is 0.0742. The Morgan fingerprint density at radius 1 is 1.36 bits per heavy atom. The summed E-state index contributed by atoms with van der Waals surface area (Å²) in [6.45, 7) is 3.20. The minimum Gasteiger partial charge on any atom is -0.497 e. The van der Waals surface area contributed by atoms with Crippen LogP contribution in [0.15, 0.2) is 28.9 Å². The van der Waals surface area contributed by atoms with Crippen molar-refractivity contribution >= 4 is 22.8 Å². The summed E-state index contributed by atoms with van der Waals surface area (Å²) < 4.78 is 10.5. The number of amides is 1. The Hall–Kier alpha value is -2.50. The van der Waals surface area contributed by atoms with E-state index in [1.807, 2.05) is 6.07 Å². The van der Waals surface area contributed by atoms with Gasteiger partial charge in [0.1, 0.15) is 11.3 Å². The number of hydrogen-bond acceptors (Lipinski definition) is 4. The van der Waals surface area contributed by atoms with Crippen molar-refractivity contribution in [1.29, 1.82) is 0 Å². The molecule has 1 aromatic heterocycles. The molecule has 0 saturated heterocycles. The monoisotopic (exact) mass is 305 g/mol. The number of methoxy groups -OCH3 is 1. The number of aliphatic carboxylic acids is 1. The van der Waals surface area contributed by atoms with E-state index < -0.39 is 11.4 Å². The van der Waals surface area contributed by atoms with Gasteiger partial charge in [-0.2, -0.15) is 0 Å². The number of rotatable bonds is 6. The fourth-order valence-electron chi connectivity index (χ4n) is 1.96. The Kier molecular flexibility index (Phi) is 4.40. The number of hydrogen-bond donors (Lipinski definition) is 2. The molecule has 0 aliphatic rings. The summed E-state index contributed by atoms with van der Waals surface area (Å²) in [5.41, 5.74) is 0.401. The van der Waals surface area contributed by atoms with Gasteiger partial charge in [0.15, 0.2) is 0 Å². The molecule has 0 atom stereocenters. The molecule has 0 aliphatic heterocycles. The van der Waals surface area contributed by atoms with Crippen LogP contribution >= 0.6 is 0 Å². The van der Waals surface area contributed by atoms with Gasteiger partial charge < -0.3 is 19.6 Å². The summed E-state index contributed by atoms with van der Waals surface area (Å²) in [6.07, 6.45) is 1.67. The number of furan rings is 1. The van der Waals surface area contributed by atoms with E-state index in [1.165, 1.54) is 6.26 Å². The van der Waals surface area contributed by atoms with Crippen molar-refractivity contribution in [3.63, 3.8) is 0 Å². The van der Waals surface area contributed by atoms with Gasteiger partial charge in [-0.05, 0) is 26.0 Å². The molecule has 0 saturated carbocycles. The van der Waals surface area contributed by atoms with Gasteiger partial charge in [0.25, 0.3) is 0 Å². The largest absolute Gasteiger partial charge is 0.497 e. The number of ether oxygens (including phenoxy) is 1. The zero-order chi connectivity index (χ0) is 16.3. The highest BCUT2D eigenvalue weighted by Gasteiger charge is 2.27. The van der Waals surface area contributed by atoms with Crippen LogP contribution in [0.3, 0.4) is 0 Å². The lowest BCUT2D eigenvalue weighted by molar-refractivity contribution is -0.146. The molecule has 0 radical (unpaired) electrons. The Balaban J connectivity index is 2.05. The highest BCUT2D eigenvalue weighted by molar-refractivity contribution is 5.88. The van der Waals surface area contributed by atoms with Gasteiger partial charge in [0.2, 0.25) is 5.91 Å². The molecular formula is C16H19NO5. The van der Waals surface area contributed by atoms with Crippen LogP contribution in [0.4, 0.5) is 0 Å². The number of carbonyl (C=O) groups is 2. The SMILES string of the molecule is COc1ccc2c(CC(=O)NCC(C)(C)C(=O)O)coc2c1. The van der Waals surface area contributed by atoms with Crippen LogP contribution in [0.25, 0.3) is 11.0 Å². The summed E-state index contributed by atoms with van der Waals surface area (Å²) in [5, 5.41) is 12.5. The molecule has 118 valence electrons. The second kappa shape index (κ2) is 6.09. The van der Waals surface area contributed by atoms with Crippen molar-refractivity contribution in [3.05, 3.63) is 30.0 Å². The van der Waals surface area contributed by atoms with Crippen LogP contribution in [-0.2, 0) is 16.0 Å². The predicted octanol–water partition coefficient (Wildman–Crippen LogP) is 2.21. The number of carboxylic acid groups (broad SMARTS) is 1. The lowest BCUT2D eigenvalue weighted by Gasteiger charge is -2.19. The van der Waals surface area contributed by atoms with Crippen molar-refractivity contribution in [1.82, 2.24) is 5.32 Å². The number of fused-ring (bicyclic) bond motifs is 1. The summed E-state index contributed by atoms with van der Waals surface area (Å²) in [7, 11) is 1.57. The smallest absolute Gasteiger partial charge is 0.310 e. The van der Waals surface area contributed by atoms with Gasteiger partial charge in [0.05, 0.1) is 25.2 Å². The average molecular weight is 305 g/mol. The number of carbonyl (C=O) groups excluding carboxylic acids is 1. The molecule has 0 fully saturated rings. The van der Waals surface area contributed by atoms with E-state index >= 15 is 0 Å². The topological polar surface area (TPSA) is 88.8 Å². The third kappa shape index (κ3) is 3.39. The molecule has 2 aromatic rings. The second-order valence-corrected chi connectivity index (χ2v) is 5.77. The van der Waals surface area contributed by atoms with E-state index in [0.29, 0.717) is 11.3 Å². The highest BCUT2D eigenvalue weighted by atomic mass is 16.5. The standard InChI is InChI=1S/C16H19NO5/c1-16(2,15(19)20)9-17-14(18)6-10-8-22-13-7-11(21-3)4-5-12(10)13/h4-5,7-8H,6,9H2,1-3H3,(H,17,18)(H,19,20). The van der Waals surface area contributed by atoms with Gasteiger partial charge in [-0.15, -0.1) is 0 Å². The Morgan fingerprint density at radius 3 is 2.73 bits per heavy atom. The summed E-state index contributed by atoms with van der Waals surface area (Å²) in [6, 6.07) is 5.39. The molecule has 2 rings (SSSR count). The molecule has 22 heavy (non-hydrogen) atoms. The number of carboxylic acids is 1. The highest BCUT2D eigenvalue weighted by Crippen LogP contribution is 2.25. The van der Waals surface area contributed by atoms with Gasteiger partial charge in [-0.3, -0.25) is 9.59 Å². The van der Waals surface area contributed by atoms with E-state index in [0.717, 1.165) is 10.9 Å². The number of benzene rings is 1. The van der Waals surface area contributed by atoms with Crippen LogP contribution in [-0.4, -0.2) is 30.6 Å². The van der Waals surface area contributed by atoms with E-state index in [4.69, 9.17) is 14.3 Å². The third-order valence-electron chi connectivity index (χ3n) is 3.52. The second-order valence-electron chi connectivity index (χ2n) is 5.77. The van der Waals surface area contributed by atoms with Crippen molar-refractivity contribution in [2.24, 2.45) is 5.41 Å². The van der Waals surface area contributed by atoms with Gasteiger partial charge >= 0.3 is 5.97 Å². The first-order chi connectivity index (χ1) is 10.3. The fraction of sp³-hybridized carbons (Fsp3) is 0.375. The first kappa shape index (κ1) is 15.9. The van der Waals surface area contributed by atoms with Crippen molar-refractivity contribution < 1.29 is 23.8 Å². The van der Waals surface area contributed by atoms with Crippen LogP contribution in [0, 0.1) is 5.41 Å². The van der Waals surface area contributed by atoms with Crippen molar-refractivity contribution in [2.75, 3.05) is 13.7 Å². The molecule has 6 heteroatoms. The average Bonchev–Trinajstić information content (AvgIpc) is 2.87. The molecule has 0 unspecified atom stereocenters. The lowest BCUT2D eigenvalue weighted by Crippen LogP contribution is -2.39. The van der Waals surface area contributed by atoms with E-state index in [2.05, 4.69) is 5.32 Å². The van der Waals surface area contributed by atoms with Crippen molar-refractivity contribution in [3.8, 4) is 5.75 Å². The molecule has 0 spiro atoms. The summed E-state index contributed by atoms with van der Waals surface area (Å²) >= 11 is 0. The van der Waals surface area contributed by atoms with E-state index in [9.17, 15) is 9.59 Å². The first-order valence-corrected chi connectivity index (χ1v) is 6.87. The van der Waals surface area contributed by atoms with E-state index in [1.54, 1.807) is 33.1 Å². The number of nitrogens with one attached hydrogen (secondary N) is 1. The van der Waals surface area contributed by atoms with E-state index in [-0.39, 0.29) is 18.9 Å². The first-order valence-electron chi connectivity index (χ1n) is 6.87. The van der Waals surface area contributed by atoms with Gasteiger partial charge in [-0.1, -0.05) is 0 Å². The molecule has 1 amide bonds. The Bertz CT molecular complexity index is 702. The maximum atomic E-state index is 12.0. The zero-order valence-electron chi connectivity index (χ0n) is 12.8. The molecule has 0 bridgehead atoms. The molecule has 2 N–H and O–H groups in total. The molecule has 1 heterocycles. The van der Waals surface area contributed by atoms with Crippen LogP contribution in [0.1, 0.15) is 19.4 Å². The van der Waals surface area contributed by atoms with Crippen LogP contribution < -0.4 is 10.1 Å². The molecule has 0 aliphatic carbocycles. The molecule has 1 aromatic carbocycles.